The average Bonchev–Trinajstić information content (AvgIpc) is 3.17. The Kier molecular flexibility index (Phi) is 3.53. The predicted octanol–water partition coefficient (Wildman–Crippen LogP) is 3.62. The Hall–Kier alpha value is -1.39. The zero-order valence-corrected chi connectivity index (χ0v) is 11.8. The first-order valence-electron chi connectivity index (χ1n) is 6.72. The zero-order chi connectivity index (χ0) is 13.2. The SMILES string of the molecule is CCOc1ccc(-c2csc(C(N)C3CC3)n2)cc1. The lowest BCUT2D eigenvalue weighted by atomic mass is 10.1. The summed E-state index contributed by atoms with van der Waals surface area (Å²) in [6.45, 7) is 2.68. The molecule has 0 radical (unpaired) electrons. The van der Waals surface area contributed by atoms with Crippen molar-refractivity contribution in [3.05, 3.63) is 34.7 Å². The molecule has 0 spiro atoms. The lowest BCUT2D eigenvalue weighted by Gasteiger charge is -2.05. The van der Waals surface area contributed by atoms with Gasteiger partial charge in [-0.15, -0.1) is 11.3 Å². The fourth-order valence-corrected chi connectivity index (χ4v) is 3.04. The third kappa shape index (κ3) is 2.80. The van der Waals surface area contributed by atoms with Crippen LogP contribution in [-0.4, -0.2) is 11.6 Å². The van der Waals surface area contributed by atoms with Gasteiger partial charge in [-0.1, -0.05) is 0 Å². The number of nitrogens with two attached hydrogens (primary N) is 1. The molecule has 1 atom stereocenters. The van der Waals surface area contributed by atoms with Crippen LogP contribution in [-0.2, 0) is 0 Å². The van der Waals surface area contributed by atoms with E-state index in [0.29, 0.717) is 12.5 Å². The second-order valence-electron chi connectivity index (χ2n) is 4.89. The smallest absolute Gasteiger partial charge is 0.119 e. The highest BCUT2D eigenvalue weighted by Gasteiger charge is 2.31. The summed E-state index contributed by atoms with van der Waals surface area (Å²) in [5, 5.41) is 3.15. The van der Waals surface area contributed by atoms with Crippen LogP contribution in [0.3, 0.4) is 0 Å². The molecule has 1 fully saturated rings. The van der Waals surface area contributed by atoms with Crippen LogP contribution in [0.4, 0.5) is 0 Å². The molecule has 1 unspecified atom stereocenters. The van der Waals surface area contributed by atoms with E-state index in [0.717, 1.165) is 22.0 Å². The molecule has 0 saturated heterocycles. The van der Waals surface area contributed by atoms with Crippen molar-refractivity contribution in [1.29, 1.82) is 0 Å². The van der Waals surface area contributed by atoms with E-state index in [1.165, 1.54) is 12.8 Å². The minimum atomic E-state index is 0.126. The maximum absolute atomic E-state index is 6.18. The van der Waals surface area contributed by atoms with Crippen LogP contribution >= 0.6 is 11.3 Å². The summed E-state index contributed by atoms with van der Waals surface area (Å²) in [7, 11) is 0. The lowest BCUT2D eigenvalue weighted by Crippen LogP contribution is -2.11. The van der Waals surface area contributed by atoms with Crippen LogP contribution in [0.5, 0.6) is 5.75 Å². The van der Waals surface area contributed by atoms with Crippen LogP contribution < -0.4 is 10.5 Å². The van der Waals surface area contributed by atoms with Crippen LogP contribution in [0, 0.1) is 5.92 Å². The van der Waals surface area contributed by atoms with Crippen molar-refractivity contribution in [3.8, 4) is 17.0 Å². The van der Waals surface area contributed by atoms with Gasteiger partial charge >= 0.3 is 0 Å². The number of ether oxygens (including phenoxy) is 1. The van der Waals surface area contributed by atoms with E-state index in [-0.39, 0.29) is 6.04 Å². The fourth-order valence-electron chi connectivity index (χ4n) is 2.12. The first kappa shape index (κ1) is 12.6. The predicted molar refractivity (Wildman–Crippen MR) is 78.4 cm³/mol. The zero-order valence-electron chi connectivity index (χ0n) is 11.0. The second-order valence-corrected chi connectivity index (χ2v) is 5.78. The first-order chi connectivity index (χ1) is 9.28. The maximum Gasteiger partial charge on any atom is 0.119 e. The Morgan fingerprint density at radius 1 is 1.37 bits per heavy atom. The number of rotatable bonds is 5. The summed E-state index contributed by atoms with van der Waals surface area (Å²) in [4.78, 5) is 4.67. The van der Waals surface area contributed by atoms with Crippen molar-refractivity contribution in [1.82, 2.24) is 4.98 Å². The highest BCUT2D eigenvalue weighted by Crippen LogP contribution is 2.40. The molecule has 1 aromatic heterocycles. The molecule has 1 aliphatic carbocycles. The van der Waals surface area contributed by atoms with E-state index in [1.54, 1.807) is 11.3 Å². The lowest BCUT2D eigenvalue weighted by molar-refractivity contribution is 0.340. The van der Waals surface area contributed by atoms with Crippen LogP contribution in [0.2, 0.25) is 0 Å². The van der Waals surface area contributed by atoms with Gasteiger partial charge in [0.25, 0.3) is 0 Å². The number of nitrogens with zero attached hydrogens (tertiary/aromatic N) is 1. The number of thiazole rings is 1. The summed E-state index contributed by atoms with van der Waals surface area (Å²) < 4.78 is 5.44. The molecule has 1 heterocycles. The molecular weight excluding hydrogens is 256 g/mol. The van der Waals surface area contributed by atoms with Crippen molar-refractivity contribution >= 4 is 11.3 Å². The van der Waals surface area contributed by atoms with Crippen molar-refractivity contribution in [3.63, 3.8) is 0 Å². The molecule has 0 amide bonds. The van der Waals surface area contributed by atoms with Crippen molar-refractivity contribution in [2.75, 3.05) is 6.61 Å². The van der Waals surface area contributed by atoms with Gasteiger partial charge in [0.1, 0.15) is 10.8 Å². The van der Waals surface area contributed by atoms with Gasteiger partial charge in [0.15, 0.2) is 0 Å². The minimum absolute atomic E-state index is 0.126. The largest absolute Gasteiger partial charge is 0.494 e. The van der Waals surface area contributed by atoms with Crippen LogP contribution in [0.25, 0.3) is 11.3 Å². The standard InChI is InChI=1S/C15H18N2OS/c1-2-18-12-7-5-10(6-8-12)13-9-19-15(17-13)14(16)11-3-4-11/h5-9,11,14H,2-4,16H2,1H3. The van der Waals surface area contributed by atoms with Gasteiger partial charge in [-0.2, -0.15) is 0 Å². The van der Waals surface area contributed by atoms with Gasteiger partial charge in [0.05, 0.1) is 18.3 Å². The fraction of sp³-hybridized carbons (Fsp3) is 0.400. The Bertz CT molecular complexity index is 546. The van der Waals surface area contributed by atoms with Crippen molar-refractivity contribution in [2.45, 2.75) is 25.8 Å². The molecule has 2 N–H and O–H groups in total. The van der Waals surface area contributed by atoms with E-state index in [1.807, 2.05) is 31.2 Å². The highest BCUT2D eigenvalue weighted by molar-refractivity contribution is 7.10. The van der Waals surface area contributed by atoms with Gasteiger partial charge in [-0.05, 0) is 49.9 Å². The monoisotopic (exact) mass is 274 g/mol. The molecule has 100 valence electrons. The molecule has 2 aromatic rings. The quantitative estimate of drug-likeness (QED) is 0.906. The maximum atomic E-state index is 6.18. The van der Waals surface area contributed by atoms with Gasteiger partial charge in [-0.3, -0.25) is 0 Å². The van der Waals surface area contributed by atoms with Crippen LogP contribution in [0.15, 0.2) is 29.6 Å². The van der Waals surface area contributed by atoms with Gasteiger partial charge in [0.2, 0.25) is 0 Å². The molecule has 1 aliphatic rings. The van der Waals surface area contributed by atoms with Crippen molar-refractivity contribution < 1.29 is 4.74 Å². The summed E-state index contributed by atoms with van der Waals surface area (Å²) in [6.07, 6.45) is 2.50. The molecule has 1 saturated carbocycles. The van der Waals surface area contributed by atoms with E-state index < -0.39 is 0 Å². The molecule has 0 bridgehead atoms. The third-order valence-corrected chi connectivity index (χ3v) is 4.34. The van der Waals surface area contributed by atoms with E-state index in [9.17, 15) is 0 Å². The molecular formula is C15H18N2OS. The number of hydrogen-bond acceptors (Lipinski definition) is 4. The summed E-state index contributed by atoms with van der Waals surface area (Å²) >= 11 is 1.67. The highest BCUT2D eigenvalue weighted by atomic mass is 32.1. The number of benzene rings is 1. The Morgan fingerprint density at radius 2 is 2.11 bits per heavy atom. The van der Waals surface area contributed by atoms with Gasteiger partial charge in [0, 0.05) is 10.9 Å². The first-order valence-corrected chi connectivity index (χ1v) is 7.60. The average molecular weight is 274 g/mol. The minimum Gasteiger partial charge on any atom is -0.494 e. The molecule has 3 rings (SSSR count). The van der Waals surface area contributed by atoms with Gasteiger partial charge in [-0.25, -0.2) is 4.98 Å². The van der Waals surface area contributed by atoms with Crippen molar-refractivity contribution in [2.24, 2.45) is 11.7 Å². The topological polar surface area (TPSA) is 48.1 Å². The Labute approximate surface area is 117 Å². The summed E-state index contributed by atoms with van der Waals surface area (Å²) in [6, 6.07) is 8.19. The molecule has 0 aliphatic heterocycles. The van der Waals surface area contributed by atoms with E-state index >= 15 is 0 Å². The number of aromatic nitrogens is 1. The summed E-state index contributed by atoms with van der Waals surface area (Å²) in [5.74, 6) is 1.55. The number of hydrogen-bond donors (Lipinski definition) is 1. The molecule has 4 heteroatoms. The third-order valence-electron chi connectivity index (χ3n) is 3.40. The van der Waals surface area contributed by atoms with E-state index in [2.05, 4.69) is 10.4 Å². The van der Waals surface area contributed by atoms with E-state index in [4.69, 9.17) is 10.5 Å². The van der Waals surface area contributed by atoms with Crippen LogP contribution in [0.1, 0.15) is 30.8 Å². The molecule has 3 nitrogen and oxygen atoms in total. The molecule has 1 aromatic carbocycles. The summed E-state index contributed by atoms with van der Waals surface area (Å²) in [5.41, 5.74) is 8.32. The second kappa shape index (κ2) is 5.31. The molecule has 19 heavy (non-hydrogen) atoms. The Morgan fingerprint density at radius 3 is 2.74 bits per heavy atom. The Balaban J connectivity index is 1.77. The normalized spacial score (nSPS) is 16.3. The van der Waals surface area contributed by atoms with Gasteiger partial charge < -0.3 is 10.5 Å².